The summed E-state index contributed by atoms with van der Waals surface area (Å²) in [6, 6.07) is 0. The molecule has 1 unspecified atom stereocenters. The van der Waals surface area contributed by atoms with Gasteiger partial charge in [-0.2, -0.15) is 3.71 Å². The topological polar surface area (TPSA) is 15.3 Å². The fourth-order valence-electron chi connectivity index (χ4n) is 1.67. The average Bonchev–Trinajstić information content (AvgIpc) is 2.51. The summed E-state index contributed by atoms with van der Waals surface area (Å²) in [7, 11) is 0. The van der Waals surface area contributed by atoms with Gasteiger partial charge in [0.05, 0.1) is 0 Å². The van der Waals surface area contributed by atoms with Crippen LogP contribution in [0.3, 0.4) is 0 Å². The first kappa shape index (κ1) is 13.6. The zero-order chi connectivity index (χ0) is 11.1. The van der Waals surface area contributed by atoms with Crippen molar-refractivity contribution in [3.05, 3.63) is 0 Å². The Hall–Kier alpha value is 0.550. The normalized spacial score (nSPS) is 22.0. The fraction of sp³-hybridized carbons (Fsp3) is 0.900. The molecule has 0 bridgehead atoms. The maximum atomic E-state index is 5.07. The molecule has 0 aromatic heterocycles. The van der Waals surface area contributed by atoms with E-state index in [1.807, 2.05) is 3.71 Å². The molecule has 2 nitrogen and oxygen atoms in total. The van der Waals surface area contributed by atoms with Crippen LogP contribution >= 0.6 is 37.0 Å². The van der Waals surface area contributed by atoms with Gasteiger partial charge in [-0.1, -0.05) is 64.1 Å². The smallest absolute Gasteiger partial charge is 0.151 e. The Labute approximate surface area is 108 Å². The molecular weight excluding hydrogens is 244 g/mol. The fourth-order valence-corrected chi connectivity index (χ4v) is 3.27. The molecule has 1 rings (SSSR count). The Bertz CT molecular complexity index is 199. The lowest BCUT2D eigenvalue weighted by Gasteiger charge is -2.15. The number of thiol groups is 1. The second-order valence-electron chi connectivity index (χ2n) is 3.90. The third kappa shape index (κ3) is 5.43. The monoisotopic (exact) mass is 264 g/mol. The zero-order valence-electron chi connectivity index (χ0n) is 9.24. The minimum atomic E-state index is 0.331. The summed E-state index contributed by atoms with van der Waals surface area (Å²) in [5.41, 5.74) is 0. The van der Waals surface area contributed by atoms with E-state index in [9.17, 15) is 0 Å². The minimum Gasteiger partial charge on any atom is -0.353 e. The van der Waals surface area contributed by atoms with Crippen LogP contribution in [0.25, 0.3) is 0 Å². The summed E-state index contributed by atoms with van der Waals surface area (Å²) in [6.07, 6.45) is 9.51. The van der Waals surface area contributed by atoms with Crippen molar-refractivity contribution in [1.29, 1.82) is 0 Å². The van der Waals surface area contributed by atoms with Crippen LogP contribution in [0.2, 0.25) is 0 Å². The molecule has 1 aliphatic heterocycles. The Morgan fingerprint density at radius 1 is 1.33 bits per heavy atom. The van der Waals surface area contributed by atoms with E-state index in [-0.39, 0.29) is 0 Å². The van der Waals surface area contributed by atoms with E-state index in [1.165, 1.54) is 50.5 Å². The van der Waals surface area contributed by atoms with Crippen LogP contribution in [-0.4, -0.2) is 14.2 Å². The van der Waals surface area contributed by atoms with E-state index in [0.29, 0.717) is 6.17 Å². The molecule has 1 fully saturated rings. The molecule has 1 aliphatic rings. The first-order chi connectivity index (χ1) is 7.24. The summed E-state index contributed by atoms with van der Waals surface area (Å²) in [5.74, 6) is 0. The van der Waals surface area contributed by atoms with Gasteiger partial charge in [0.25, 0.3) is 0 Å². The highest BCUT2D eigenvalue weighted by Gasteiger charge is 2.25. The van der Waals surface area contributed by atoms with Gasteiger partial charge >= 0.3 is 0 Å². The van der Waals surface area contributed by atoms with Gasteiger partial charge in [0.2, 0.25) is 0 Å². The number of thiocarbonyl (C=S) groups is 1. The van der Waals surface area contributed by atoms with Crippen molar-refractivity contribution in [2.75, 3.05) is 0 Å². The molecule has 1 saturated heterocycles. The van der Waals surface area contributed by atoms with Gasteiger partial charge in [-0.05, 0) is 12.8 Å². The number of hydrogen-bond donors (Lipinski definition) is 2. The summed E-state index contributed by atoms with van der Waals surface area (Å²) in [5, 5.41) is 3.25. The molecule has 1 N–H and O–H groups in total. The third-order valence-corrected chi connectivity index (χ3v) is 4.15. The molecule has 0 amide bonds. The quantitative estimate of drug-likeness (QED) is 0.315. The third-order valence-electron chi connectivity index (χ3n) is 2.56. The van der Waals surface area contributed by atoms with Gasteiger partial charge in [-0.25, -0.2) is 0 Å². The van der Waals surface area contributed by atoms with Gasteiger partial charge in [0, 0.05) is 11.9 Å². The van der Waals surface area contributed by atoms with Crippen LogP contribution in [0.1, 0.15) is 51.9 Å². The van der Waals surface area contributed by atoms with E-state index in [4.69, 9.17) is 12.2 Å². The zero-order valence-corrected chi connectivity index (χ0v) is 11.8. The first-order valence-electron chi connectivity index (χ1n) is 5.70. The second-order valence-corrected chi connectivity index (χ2v) is 6.25. The highest BCUT2D eigenvalue weighted by atomic mass is 32.2. The molecule has 1 atom stereocenters. The molecule has 88 valence electrons. The number of rotatable bonds is 7. The molecule has 0 aromatic rings. The number of nitrogens with one attached hydrogen (secondary N) is 1. The molecule has 0 aromatic carbocycles. The summed E-state index contributed by atoms with van der Waals surface area (Å²) in [4.78, 5) is 0. The van der Waals surface area contributed by atoms with Crippen LogP contribution in [0, 0.1) is 0 Å². The van der Waals surface area contributed by atoms with Crippen LogP contribution in [0.15, 0.2) is 0 Å². The van der Waals surface area contributed by atoms with Crippen molar-refractivity contribution in [3.63, 3.8) is 0 Å². The van der Waals surface area contributed by atoms with Crippen molar-refractivity contribution in [2.24, 2.45) is 0 Å². The largest absolute Gasteiger partial charge is 0.353 e. The second kappa shape index (κ2) is 7.76. The summed E-state index contributed by atoms with van der Waals surface area (Å²) in [6.45, 7) is 2.25. The Morgan fingerprint density at radius 2 is 2.00 bits per heavy atom. The molecule has 0 spiro atoms. The van der Waals surface area contributed by atoms with Gasteiger partial charge in [-0.15, -0.1) is 0 Å². The maximum Gasteiger partial charge on any atom is 0.151 e. The lowest BCUT2D eigenvalue weighted by molar-refractivity contribution is 0.439. The van der Waals surface area contributed by atoms with Crippen LogP contribution in [0.5, 0.6) is 0 Å². The molecule has 15 heavy (non-hydrogen) atoms. The van der Waals surface area contributed by atoms with Crippen LogP contribution < -0.4 is 5.32 Å². The lowest BCUT2D eigenvalue weighted by Crippen LogP contribution is -2.30. The Morgan fingerprint density at radius 3 is 2.60 bits per heavy atom. The molecule has 0 aliphatic carbocycles. The van der Waals surface area contributed by atoms with E-state index >= 15 is 0 Å². The molecule has 5 heteroatoms. The summed E-state index contributed by atoms with van der Waals surface area (Å²) < 4.78 is 2.77. The van der Waals surface area contributed by atoms with Crippen LogP contribution in [0.4, 0.5) is 0 Å². The predicted octanol–water partition coefficient (Wildman–Crippen LogP) is 3.75. The predicted molar refractivity (Wildman–Crippen MR) is 75.9 cm³/mol. The SMILES string of the molecule is CCCCCCCCC1NC(=S)SN1S. The van der Waals surface area contributed by atoms with Crippen molar-refractivity contribution < 1.29 is 0 Å². The number of hydrogen-bond acceptors (Lipinski definition) is 4. The molecular formula is C10H20N2S3. The number of unbranched alkanes of at least 4 members (excludes halogenated alkanes) is 5. The standard InChI is InChI=1S/C10H20N2S3/c1-2-3-4-5-6-7-8-9-11-10(13)15-12(9)14/h9,14H,2-8H2,1H3,(H,11,13). The van der Waals surface area contributed by atoms with Crippen molar-refractivity contribution in [1.82, 2.24) is 9.03 Å². The maximum absolute atomic E-state index is 5.07. The average molecular weight is 264 g/mol. The lowest BCUT2D eigenvalue weighted by atomic mass is 10.1. The van der Waals surface area contributed by atoms with Crippen molar-refractivity contribution in [3.8, 4) is 0 Å². The Balaban J connectivity index is 1.98. The van der Waals surface area contributed by atoms with E-state index in [1.54, 1.807) is 0 Å². The van der Waals surface area contributed by atoms with E-state index in [0.717, 1.165) is 10.7 Å². The van der Waals surface area contributed by atoms with E-state index < -0.39 is 0 Å². The molecule has 0 radical (unpaired) electrons. The van der Waals surface area contributed by atoms with Crippen molar-refractivity contribution in [2.45, 2.75) is 58.0 Å². The highest BCUT2D eigenvalue weighted by Crippen LogP contribution is 2.26. The molecule has 1 heterocycles. The van der Waals surface area contributed by atoms with Gasteiger partial charge < -0.3 is 5.32 Å². The highest BCUT2D eigenvalue weighted by molar-refractivity contribution is 8.25. The summed E-state index contributed by atoms with van der Waals surface area (Å²) >= 11 is 10.9. The molecule has 0 saturated carbocycles. The first-order valence-corrected chi connectivity index (χ1v) is 7.28. The van der Waals surface area contributed by atoms with E-state index in [2.05, 4.69) is 25.1 Å². The van der Waals surface area contributed by atoms with Gasteiger partial charge in [-0.3, -0.25) is 0 Å². The number of nitrogens with zero attached hydrogens (tertiary/aromatic N) is 1. The van der Waals surface area contributed by atoms with Crippen LogP contribution in [-0.2, 0) is 0 Å². The van der Waals surface area contributed by atoms with Gasteiger partial charge in [0.15, 0.2) is 4.32 Å². The van der Waals surface area contributed by atoms with Gasteiger partial charge in [0.1, 0.15) is 6.17 Å². The minimum absolute atomic E-state index is 0.331. The van der Waals surface area contributed by atoms with Crippen molar-refractivity contribution >= 4 is 41.3 Å². The Kier molecular flexibility index (Phi) is 7.05.